The topological polar surface area (TPSA) is 195 Å². The number of hydrogen-bond acceptors (Lipinski definition) is 6. The summed E-state index contributed by atoms with van der Waals surface area (Å²) in [6.45, 7) is 2.26. The van der Waals surface area contributed by atoms with Crippen LogP contribution in [-0.4, -0.2) is 55.0 Å². The molecule has 10 N–H and O–H groups in total. The molecule has 0 heterocycles. The van der Waals surface area contributed by atoms with Crippen molar-refractivity contribution >= 4 is 55.4 Å². The Kier molecular flexibility index (Phi) is 14.7. The van der Waals surface area contributed by atoms with Crippen LogP contribution in [0.1, 0.15) is 44.1 Å². The van der Waals surface area contributed by atoms with Crippen LogP contribution in [0.4, 0.5) is 0 Å². The van der Waals surface area contributed by atoms with E-state index in [0.717, 1.165) is 53.0 Å². The van der Waals surface area contributed by atoms with E-state index in [9.17, 15) is 10.0 Å². The van der Waals surface area contributed by atoms with Crippen molar-refractivity contribution < 1.29 is 14.7 Å². The van der Waals surface area contributed by atoms with Crippen LogP contribution in [0.25, 0.3) is 0 Å². The molecule has 34 heavy (non-hydrogen) atoms. The van der Waals surface area contributed by atoms with Crippen LogP contribution in [0, 0.1) is 10.8 Å². The van der Waals surface area contributed by atoms with E-state index >= 15 is 0 Å². The lowest BCUT2D eigenvalue weighted by atomic mass is 10.1. The number of hydrogen-bond donors (Lipinski definition) is 8. The first kappa shape index (κ1) is 29.5. The van der Waals surface area contributed by atoms with Gasteiger partial charge in [-0.15, -0.1) is 0 Å². The molecule has 0 fully saturated rings. The number of unbranched alkanes of at least 4 members (excludes halogenated alkanes) is 4. The molecule has 0 bridgehead atoms. The number of ether oxygens (including phenoxy) is 1. The minimum absolute atomic E-state index is 0.0242. The minimum Gasteiger partial charge on any atom is -0.491 e. The van der Waals surface area contributed by atoms with Crippen molar-refractivity contribution in [1.29, 1.82) is 10.8 Å². The summed E-state index contributed by atoms with van der Waals surface area (Å²) in [5, 5.41) is 35.0. The highest BCUT2D eigenvalue weighted by atomic mass is 79.9. The fourth-order valence-electron chi connectivity index (χ4n) is 2.96. The molecular formula is C21H34Br2N8O3. The number of oxime groups is 1. The number of nitrogens with zero attached hydrogens (tertiary/aromatic N) is 1. The molecule has 0 atom stereocenters. The zero-order valence-corrected chi connectivity index (χ0v) is 22.2. The number of benzene rings is 1. The first-order valence-electron chi connectivity index (χ1n) is 11.0. The fourth-order valence-corrected chi connectivity index (χ4v) is 4.47. The summed E-state index contributed by atoms with van der Waals surface area (Å²) in [4.78, 5) is 12.4. The molecule has 11 nitrogen and oxygen atoms in total. The Hall–Kier alpha value is -2.54. The van der Waals surface area contributed by atoms with Gasteiger partial charge in [-0.25, -0.2) is 0 Å². The Labute approximate surface area is 216 Å². The van der Waals surface area contributed by atoms with Crippen molar-refractivity contribution in [3.8, 4) is 5.75 Å². The number of nitrogens with two attached hydrogens (primary N) is 2. The Morgan fingerprint density at radius 2 is 1.41 bits per heavy atom. The van der Waals surface area contributed by atoms with Gasteiger partial charge in [0, 0.05) is 26.1 Å². The van der Waals surface area contributed by atoms with Crippen molar-refractivity contribution in [1.82, 2.24) is 16.0 Å². The third-order valence-electron chi connectivity index (χ3n) is 4.65. The quantitative estimate of drug-likeness (QED) is 0.0465. The van der Waals surface area contributed by atoms with Crippen LogP contribution >= 0.6 is 31.9 Å². The molecule has 0 saturated carbocycles. The maximum absolute atomic E-state index is 12.4. The van der Waals surface area contributed by atoms with Gasteiger partial charge in [0.05, 0.1) is 15.6 Å². The van der Waals surface area contributed by atoms with Gasteiger partial charge in [0.15, 0.2) is 11.9 Å². The van der Waals surface area contributed by atoms with Crippen molar-refractivity contribution in [2.45, 2.75) is 44.9 Å². The molecule has 0 unspecified atom stereocenters. The molecule has 0 saturated heterocycles. The minimum atomic E-state index is -0.410. The Morgan fingerprint density at radius 3 is 1.91 bits per heavy atom. The number of guanidine groups is 2. The van der Waals surface area contributed by atoms with E-state index in [4.69, 9.17) is 27.0 Å². The summed E-state index contributed by atoms with van der Waals surface area (Å²) < 4.78 is 7.27. The second-order valence-corrected chi connectivity index (χ2v) is 9.23. The van der Waals surface area contributed by atoms with E-state index < -0.39 is 5.91 Å². The Morgan fingerprint density at radius 1 is 0.912 bits per heavy atom. The summed E-state index contributed by atoms with van der Waals surface area (Å²) in [5.74, 6) is 0.164. The molecule has 0 aliphatic carbocycles. The Balaban J connectivity index is 2.43. The van der Waals surface area contributed by atoms with Crippen LogP contribution in [0.15, 0.2) is 26.2 Å². The smallest absolute Gasteiger partial charge is 0.269 e. The summed E-state index contributed by atoms with van der Waals surface area (Å²) >= 11 is 6.99. The predicted octanol–water partition coefficient (Wildman–Crippen LogP) is 2.39. The third kappa shape index (κ3) is 12.6. The average molecular weight is 606 g/mol. The molecule has 1 rings (SSSR count). The lowest BCUT2D eigenvalue weighted by Gasteiger charge is -2.13. The monoisotopic (exact) mass is 604 g/mol. The number of rotatable bonds is 16. The van der Waals surface area contributed by atoms with Crippen LogP contribution in [0.5, 0.6) is 5.75 Å². The highest BCUT2D eigenvalue weighted by molar-refractivity contribution is 9.11. The molecule has 0 aliphatic heterocycles. The highest BCUT2D eigenvalue weighted by Gasteiger charge is 2.16. The summed E-state index contributed by atoms with van der Waals surface area (Å²) in [6, 6.07) is 3.65. The second kappa shape index (κ2) is 17.0. The molecule has 190 valence electrons. The van der Waals surface area contributed by atoms with Gasteiger partial charge in [-0.2, -0.15) is 0 Å². The van der Waals surface area contributed by atoms with Crippen LogP contribution in [-0.2, 0) is 11.2 Å². The average Bonchev–Trinajstić information content (AvgIpc) is 2.77. The van der Waals surface area contributed by atoms with Crippen molar-refractivity contribution in [3.63, 3.8) is 0 Å². The number of carbonyl (C=O) groups is 1. The van der Waals surface area contributed by atoms with Crippen LogP contribution in [0.3, 0.4) is 0 Å². The Bertz CT molecular complexity index is 828. The zero-order valence-electron chi connectivity index (χ0n) is 19.1. The standard InChI is InChI=1S/C21H34Br2N8O3/c22-15-11-14(12-16(23)18(15)34-10-6-5-9-30-21(26)27)13-17(31-33)19(32)28-7-3-1-2-4-8-29-20(24)25/h11-12,33H,1-10,13H2,(H,28,32)(H4,24,25,29)(H4,26,27,30). The molecule has 0 radical (unpaired) electrons. The van der Waals surface area contributed by atoms with Crippen LogP contribution in [0.2, 0.25) is 0 Å². The molecule has 13 heteroatoms. The van der Waals surface area contributed by atoms with E-state index in [1.807, 2.05) is 12.1 Å². The number of carbonyl (C=O) groups excluding carboxylic acids is 1. The van der Waals surface area contributed by atoms with Gasteiger partial charge in [0.2, 0.25) is 0 Å². The first-order valence-corrected chi connectivity index (χ1v) is 12.6. The predicted molar refractivity (Wildman–Crippen MR) is 141 cm³/mol. The van der Waals surface area contributed by atoms with Gasteiger partial charge in [-0.1, -0.05) is 18.0 Å². The molecule has 0 spiro atoms. The molecule has 1 aromatic carbocycles. The van der Waals surface area contributed by atoms with Crippen LogP contribution < -0.4 is 32.2 Å². The number of amides is 1. The van der Waals surface area contributed by atoms with E-state index in [1.54, 1.807) is 0 Å². The van der Waals surface area contributed by atoms with Crippen molar-refractivity contribution in [2.75, 3.05) is 26.2 Å². The zero-order chi connectivity index (χ0) is 25.3. The molecule has 0 aromatic heterocycles. The second-order valence-electron chi connectivity index (χ2n) is 7.52. The van der Waals surface area contributed by atoms with E-state index in [-0.39, 0.29) is 24.1 Å². The van der Waals surface area contributed by atoms with Gasteiger partial charge in [0.1, 0.15) is 11.5 Å². The van der Waals surface area contributed by atoms with Gasteiger partial charge >= 0.3 is 0 Å². The molecule has 0 aliphatic rings. The fraction of sp³-hybridized carbons (Fsp3) is 0.524. The maximum Gasteiger partial charge on any atom is 0.269 e. The molecule has 1 aromatic rings. The first-order chi connectivity index (χ1) is 16.2. The van der Waals surface area contributed by atoms with Gasteiger partial charge in [-0.05, 0) is 75.2 Å². The summed E-state index contributed by atoms with van der Waals surface area (Å²) in [5.41, 5.74) is 11.3. The van der Waals surface area contributed by atoms with E-state index in [1.165, 1.54) is 0 Å². The van der Waals surface area contributed by atoms with Crippen molar-refractivity contribution in [2.24, 2.45) is 16.6 Å². The van der Waals surface area contributed by atoms with E-state index in [2.05, 4.69) is 53.0 Å². The summed E-state index contributed by atoms with van der Waals surface area (Å²) in [7, 11) is 0. The third-order valence-corrected chi connectivity index (χ3v) is 5.83. The highest BCUT2D eigenvalue weighted by Crippen LogP contribution is 2.35. The van der Waals surface area contributed by atoms with E-state index in [0.29, 0.717) is 32.0 Å². The maximum atomic E-state index is 12.4. The summed E-state index contributed by atoms with van der Waals surface area (Å²) in [6.07, 6.45) is 5.36. The number of halogens is 2. The number of nitrogens with one attached hydrogen (secondary N) is 5. The van der Waals surface area contributed by atoms with Gasteiger partial charge in [0.25, 0.3) is 5.91 Å². The lowest BCUT2D eigenvalue weighted by Crippen LogP contribution is -2.33. The lowest BCUT2D eigenvalue weighted by molar-refractivity contribution is -0.115. The normalized spacial score (nSPS) is 11.1. The van der Waals surface area contributed by atoms with Gasteiger partial charge < -0.3 is 37.4 Å². The largest absolute Gasteiger partial charge is 0.491 e. The molecule has 1 amide bonds. The SMILES string of the molecule is N=C(N)NCCCCCCNC(=O)C(Cc1cc(Br)c(OCCCCNC(=N)N)c(Br)c1)=NO. The van der Waals surface area contributed by atoms with Gasteiger partial charge in [-0.3, -0.25) is 15.6 Å². The molecular weight excluding hydrogens is 572 g/mol. The van der Waals surface area contributed by atoms with Crippen molar-refractivity contribution in [3.05, 3.63) is 26.6 Å².